The first-order chi connectivity index (χ1) is 14.5. The Balaban J connectivity index is 1.24. The molecule has 1 aliphatic carbocycles. The number of rotatable bonds is 6. The molecule has 8 heteroatoms. The van der Waals surface area contributed by atoms with Crippen LogP contribution in [0.25, 0.3) is 0 Å². The second kappa shape index (κ2) is 8.61. The average Bonchev–Trinajstić information content (AvgIpc) is 3.36. The number of hydrogen-bond donors (Lipinski definition) is 0. The van der Waals surface area contributed by atoms with Gasteiger partial charge in [-0.25, -0.2) is 5.01 Å². The van der Waals surface area contributed by atoms with Crippen LogP contribution < -0.4 is 0 Å². The van der Waals surface area contributed by atoms with Gasteiger partial charge in [-0.2, -0.15) is 5.10 Å². The van der Waals surface area contributed by atoms with Crippen LogP contribution in [-0.4, -0.2) is 59.0 Å². The summed E-state index contributed by atoms with van der Waals surface area (Å²) in [5, 5.41) is 5.62. The number of carbonyl (C=O) groups is 4. The lowest BCUT2D eigenvalue weighted by atomic mass is 9.85. The molecular formula is C22H23N3O5. The Morgan fingerprint density at radius 3 is 2.37 bits per heavy atom. The van der Waals surface area contributed by atoms with Crippen molar-refractivity contribution in [2.45, 2.75) is 25.7 Å². The monoisotopic (exact) mass is 409 g/mol. The molecule has 3 amide bonds. The van der Waals surface area contributed by atoms with Gasteiger partial charge >= 0.3 is 5.97 Å². The maximum absolute atomic E-state index is 12.4. The summed E-state index contributed by atoms with van der Waals surface area (Å²) in [5.74, 6) is -2.10. The first-order valence-electron chi connectivity index (χ1n) is 10.1. The molecule has 30 heavy (non-hydrogen) atoms. The van der Waals surface area contributed by atoms with Crippen LogP contribution in [0.2, 0.25) is 0 Å². The van der Waals surface area contributed by atoms with E-state index in [-0.39, 0.29) is 36.6 Å². The fraction of sp³-hybridized carbons (Fsp3) is 0.409. The number of benzene rings is 1. The molecule has 2 aliphatic heterocycles. The molecule has 1 aromatic carbocycles. The third-order valence-corrected chi connectivity index (χ3v) is 5.69. The molecule has 8 nitrogen and oxygen atoms in total. The van der Waals surface area contributed by atoms with Crippen molar-refractivity contribution in [1.29, 1.82) is 0 Å². The second-order valence-electron chi connectivity index (χ2n) is 7.57. The van der Waals surface area contributed by atoms with E-state index in [9.17, 15) is 19.2 Å². The Hall–Kier alpha value is -3.29. The zero-order chi connectivity index (χ0) is 21.1. The molecule has 2 heterocycles. The van der Waals surface area contributed by atoms with Crippen LogP contribution in [0.1, 0.15) is 31.2 Å². The lowest BCUT2D eigenvalue weighted by Crippen LogP contribution is -2.34. The molecule has 1 fully saturated rings. The fourth-order valence-electron chi connectivity index (χ4n) is 4.05. The molecule has 1 saturated heterocycles. The topological polar surface area (TPSA) is 96.3 Å². The largest absolute Gasteiger partial charge is 0.455 e. The van der Waals surface area contributed by atoms with E-state index in [0.29, 0.717) is 25.8 Å². The number of amides is 3. The van der Waals surface area contributed by atoms with E-state index in [1.807, 2.05) is 42.5 Å². The highest BCUT2D eigenvalue weighted by Gasteiger charge is 2.46. The van der Waals surface area contributed by atoms with Crippen LogP contribution >= 0.6 is 0 Å². The maximum atomic E-state index is 12.4. The van der Waals surface area contributed by atoms with E-state index < -0.39 is 18.5 Å². The molecule has 0 unspecified atom stereocenters. The van der Waals surface area contributed by atoms with Crippen molar-refractivity contribution in [3.05, 3.63) is 48.0 Å². The van der Waals surface area contributed by atoms with Crippen molar-refractivity contribution in [2.75, 3.05) is 19.7 Å². The third kappa shape index (κ3) is 4.03. The van der Waals surface area contributed by atoms with E-state index >= 15 is 0 Å². The first kappa shape index (κ1) is 20.0. The summed E-state index contributed by atoms with van der Waals surface area (Å²) in [6.45, 7) is 0.00733. The van der Waals surface area contributed by atoms with Gasteiger partial charge in [-0.3, -0.25) is 24.1 Å². The minimum atomic E-state index is -0.622. The Kier molecular flexibility index (Phi) is 5.74. The number of nitrogens with zero attached hydrogens (tertiary/aromatic N) is 3. The number of allylic oxidation sites excluding steroid dienone is 2. The number of likely N-dealkylation sites (tertiary alicyclic amines) is 1. The van der Waals surface area contributed by atoms with Crippen LogP contribution in [-0.2, 0) is 23.9 Å². The molecule has 0 radical (unpaired) electrons. The number of carbonyl (C=O) groups excluding carboxylic acids is 4. The standard InChI is InChI=1S/C22H23N3O5/c26-19(25-13-10-18(23-25)15-6-2-1-3-7-15)14-30-20(27)11-12-24-21(28)16-8-4-5-9-17(16)22(24)29/h1-7,16-17H,8-14H2/t16-,17-/m0/s1. The molecule has 0 aromatic heterocycles. The van der Waals surface area contributed by atoms with E-state index in [0.717, 1.165) is 16.2 Å². The zero-order valence-corrected chi connectivity index (χ0v) is 16.5. The van der Waals surface area contributed by atoms with Gasteiger partial charge in [0.15, 0.2) is 6.61 Å². The normalized spacial score (nSPS) is 22.9. The molecule has 0 N–H and O–H groups in total. The summed E-state index contributed by atoms with van der Waals surface area (Å²) in [4.78, 5) is 50.3. The van der Waals surface area contributed by atoms with Crippen LogP contribution in [0.3, 0.4) is 0 Å². The quantitative estimate of drug-likeness (QED) is 0.403. The number of imide groups is 1. The predicted molar refractivity (Wildman–Crippen MR) is 107 cm³/mol. The van der Waals surface area contributed by atoms with Crippen LogP contribution in [0.15, 0.2) is 47.6 Å². The lowest BCUT2D eigenvalue weighted by Gasteiger charge is -2.15. The van der Waals surface area contributed by atoms with Gasteiger partial charge in [0.1, 0.15) is 0 Å². The second-order valence-corrected chi connectivity index (χ2v) is 7.57. The van der Waals surface area contributed by atoms with Crippen molar-refractivity contribution in [2.24, 2.45) is 16.9 Å². The summed E-state index contributed by atoms with van der Waals surface area (Å²) >= 11 is 0. The predicted octanol–water partition coefficient (Wildman–Crippen LogP) is 1.51. The summed E-state index contributed by atoms with van der Waals surface area (Å²) in [6.07, 6.45) is 5.47. The van der Waals surface area contributed by atoms with E-state index in [1.54, 1.807) is 0 Å². The van der Waals surface area contributed by atoms with Crippen molar-refractivity contribution >= 4 is 29.4 Å². The molecule has 3 aliphatic rings. The minimum Gasteiger partial charge on any atom is -0.455 e. The van der Waals surface area contributed by atoms with Gasteiger partial charge in [-0.1, -0.05) is 42.5 Å². The third-order valence-electron chi connectivity index (χ3n) is 5.69. The number of ether oxygens (including phenoxy) is 1. The molecule has 0 bridgehead atoms. The van der Waals surface area contributed by atoms with Gasteiger partial charge < -0.3 is 4.74 Å². The molecule has 156 valence electrons. The molecule has 1 aromatic rings. The van der Waals surface area contributed by atoms with Gasteiger partial charge in [0.05, 0.1) is 30.5 Å². The van der Waals surface area contributed by atoms with Crippen LogP contribution in [0.4, 0.5) is 0 Å². The Morgan fingerprint density at radius 1 is 1.03 bits per heavy atom. The van der Waals surface area contributed by atoms with E-state index in [1.165, 1.54) is 5.01 Å². The first-order valence-corrected chi connectivity index (χ1v) is 10.1. The number of hydrogen-bond acceptors (Lipinski definition) is 6. The molecule has 4 rings (SSSR count). The fourth-order valence-corrected chi connectivity index (χ4v) is 4.05. The minimum absolute atomic E-state index is 0.0162. The highest BCUT2D eigenvalue weighted by atomic mass is 16.5. The van der Waals surface area contributed by atoms with Gasteiger partial charge in [-0.05, 0) is 18.4 Å². The highest BCUT2D eigenvalue weighted by Crippen LogP contribution is 2.35. The SMILES string of the molecule is O=C(CCN1C(=O)[C@H]2CC=CC[C@@H]2C1=O)OCC(=O)N1CCC(c2ccccc2)=N1. The number of hydrazone groups is 1. The van der Waals surface area contributed by atoms with E-state index in [4.69, 9.17) is 4.74 Å². The zero-order valence-electron chi connectivity index (χ0n) is 16.5. The van der Waals surface area contributed by atoms with Crippen molar-refractivity contribution in [1.82, 2.24) is 9.91 Å². The van der Waals surface area contributed by atoms with Crippen molar-refractivity contribution < 1.29 is 23.9 Å². The maximum Gasteiger partial charge on any atom is 0.308 e. The highest BCUT2D eigenvalue weighted by molar-refractivity contribution is 6.05. The Labute approximate surface area is 174 Å². The van der Waals surface area contributed by atoms with Crippen LogP contribution in [0, 0.1) is 11.8 Å². The Morgan fingerprint density at radius 2 is 1.70 bits per heavy atom. The van der Waals surface area contributed by atoms with Crippen molar-refractivity contribution in [3.63, 3.8) is 0 Å². The van der Waals surface area contributed by atoms with E-state index in [2.05, 4.69) is 5.10 Å². The molecule has 0 spiro atoms. The summed E-state index contributed by atoms with van der Waals surface area (Å²) < 4.78 is 5.05. The molecule has 2 atom stereocenters. The smallest absolute Gasteiger partial charge is 0.308 e. The average molecular weight is 409 g/mol. The van der Waals surface area contributed by atoms with Crippen molar-refractivity contribution in [3.8, 4) is 0 Å². The van der Waals surface area contributed by atoms with Gasteiger partial charge in [0, 0.05) is 13.0 Å². The Bertz CT molecular complexity index is 898. The van der Waals surface area contributed by atoms with Gasteiger partial charge in [-0.15, -0.1) is 0 Å². The summed E-state index contributed by atoms with van der Waals surface area (Å²) in [7, 11) is 0. The molecular weight excluding hydrogens is 386 g/mol. The van der Waals surface area contributed by atoms with Gasteiger partial charge in [0.2, 0.25) is 11.8 Å². The van der Waals surface area contributed by atoms with Gasteiger partial charge in [0.25, 0.3) is 5.91 Å². The lowest BCUT2D eigenvalue weighted by molar-refractivity contribution is -0.152. The van der Waals surface area contributed by atoms with Crippen LogP contribution in [0.5, 0.6) is 0 Å². The molecule has 0 saturated carbocycles. The summed E-state index contributed by atoms with van der Waals surface area (Å²) in [5.41, 5.74) is 1.78. The summed E-state index contributed by atoms with van der Waals surface area (Å²) in [6, 6.07) is 9.59. The number of fused-ring (bicyclic) bond motifs is 1. The number of esters is 1.